The predicted octanol–water partition coefficient (Wildman–Crippen LogP) is 3.78. The molecule has 0 fully saturated rings. The topological polar surface area (TPSA) is 56.1 Å². The zero-order valence-electron chi connectivity index (χ0n) is 13.7. The van der Waals surface area contributed by atoms with Crippen molar-refractivity contribution in [2.24, 2.45) is 0 Å². The maximum Gasteiger partial charge on any atom is 0.226 e. The van der Waals surface area contributed by atoms with Crippen molar-refractivity contribution in [2.75, 3.05) is 25.0 Å². The van der Waals surface area contributed by atoms with Crippen molar-refractivity contribution in [2.45, 2.75) is 44.9 Å². The number of hydrogen-bond donors (Lipinski definition) is 1. The van der Waals surface area contributed by atoms with E-state index in [9.17, 15) is 14.4 Å². The summed E-state index contributed by atoms with van der Waals surface area (Å²) in [5.74, 6) is -0.215. The van der Waals surface area contributed by atoms with E-state index in [-0.39, 0.29) is 11.7 Å². The number of nitriles is 1. The van der Waals surface area contributed by atoms with Crippen LogP contribution in [-0.2, 0) is 17.6 Å². The lowest BCUT2D eigenvalue weighted by molar-refractivity contribution is -0.116. The molecule has 1 aliphatic heterocycles. The summed E-state index contributed by atoms with van der Waals surface area (Å²) in [7, 11) is 0. The molecule has 0 unspecified atom stereocenters. The molecule has 0 saturated carbocycles. The van der Waals surface area contributed by atoms with Crippen molar-refractivity contribution >= 4 is 22.2 Å². The Labute approximate surface area is 146 Å². The molecular weight excluding hydrogens is 325 g/mol. The summed E-state index contributed by atoms with van der Waals surface area (Å²) in [6.45, 7) is 1.63. The van der Waals surface area contributed by atoms with E-state index in [1.54, 1.807) is 17.4 Å². The molecule has 0 aromatic carbocycles. The molecule has 1 N–H and O–H groups in total. The van der Waals surface area contributed by atoms with Crippen LogP contribution in [0.3, 0.4) is 0 Å². The van der Waals surface area contributed by atoms with Crippen molar-refractivity contribution in [3.05, 3.63) is 27.9 Å². The number of halogens is 1. The molecule has 6 heteroatoms. The van der Waals surface area contributed by atoms with Gasteiger partial charge in [-0.1, -0.05) is 12.5 Å². The van der Waals surface area contributed by atoms with Gasteiger partial charge in [0.25, 0.3) is 0 Å². The van der Waals surface area contributed by atoms with Crippen LogP contribution in [0.5, 0.6) is 0 Å². The first kappa shape index (κ1) is 17.1. The lowest BCUT2D eigenvalue weighted by Crippen LogP contribution is -2.32. The van der Waals surface area contributed by atoms with Crippen LogP contribution < -0.4 is 5.32 Å². The van der Waals surface area contributed by atoms with E-state index in [4.69, 9.17) is 0 Å². The second-order valence-corrected chi connectivity index (χ2v) is 7.50. The molecule has 128 valence electrons. The van der Waals surface area contributed by atoms with Crippen LogP contribution in [-0.4, -0.2) is 30.4 Å². The molecule has 0 atom stereocenters. The minimum atomic E-state index is -0.115. The van der Waals surface area contributed by atoms with Crippen LogP contribution in [0.2, 0.25) is 0 Å². The zero-order chi connectivity index (χ0) is 16.9. The number of nitrogens with one attached hydrogen (secondary N) is 1. The summed E-state index contributed by atoms with van der Waals surface area (Å²) in [4.78, 5) is 15.4. The summed E-state index contributed by atoms with van der Waals surface area (Å²) < 4.78 is 13.3. The summed E-state index contributed by atoms with van der Waals surface area (Å²) in [5, 5.41) is 13.1. The van der Waals surface area contributed by atoms with Crippen LogP contribution in [0.1, 0.15) is 48.1 Å². The Morgan fingerprint density at radius 2 is 2.21 bits per heavy atom. The zero-order valence-corrected chi connectivity index (χ0v) is 14.6. The highest BCUT2D eigenvalue weighted by molar-refractivity contribution is 7.16. The molecule has 0 bridgehead atoms. The number of fused-ring (bicyclic) bond motifs is 1. The maximum absolute atomic E-state index is 13.3. The number of hydrogen-bond acceptors (Lipinski definition) is 4. The minimum absolute atomic E-state index is 0.0992. The van der Waals surface area contributed by atoms with E-state index in [1.165, 1.54) is 11.3 Å². The normalized spacial score (nSPS) is 18.2. The SMILES string of the molecule is N#Cc1c(NC(=O)CCN2CCC=C(F)C2)sc2c1CCCCC2. The van der Waals surface area contributed by atoms with Crippen molar-refractivity contribution in [3.63, 3.8) is 0 Å². The molecule has 1 aliphatic carbocycles. The maximum atomic E-state index is 13.3. The lowest BCUT2D eigenvalue weighted by Gasteiger charge is -2.23. The molecule has 0 radical (unpaired) electrons. The smallest absolute Gasteiger partial charge is 0.226 e. The monoisotopic (exact) mass is 347 g/mol. The van der Waals surface area contributed by atoms with E-state index in [0.29, 0.717) is 36.5 Å². The highest BCUT2D eigenvalue weighted by Gasteiger charge is 2.21. The van der Waals surface area contributed by atoms with E-state index < -0.39 is 0 Å². The first-order chi connectivity index (χ1) is 11.7. The van der Waals surface area contributed by atoms with Gasteiger partial charge in [0, 0.05) is 30.9 Å². The van der Waals surface area contributed by atoms with Gasteiger partial charge < -0.3 is 5.32 Å². The van der Waals surface area contributed by atoms with Crippen molar-refractivity contribution < 1.29 is 9.18 Å². The Hall–Kier alpha value is -1.71. The number of amides is 1. The van der Waals surface area contributed by atoms with E-state index >= 15 is 0 Å². The van der Waals surface area contributed by atoms with Crippen LogP contribution in [0, 0.1) is 11.3 Å². The van der Waals surface area contributed by atoms with E-state index in [2.05, 4.69) is 11.4 Å². The van der Waals surface area contributed by atoms with Gasteiger partial charge in [0.05, 0.1) is 5.56 Å². The molecule has 2 aliphatic rings. The van der Waals surface area contributed by atoms with Gasteiger partial charge in [0.15, 0.2) is 0 Å². The van der Waals surface area contributed by atoms with Crippen molar-refractivity contribution in [3.8, 4) is 6.07 Å². The third-order valence-corrected chi connectivity index (χ3v) is 5.83. The molecule has 1 amide bonds. The largest absolute Gasteiger partial charge is 0.317 e. The summed E-state index contributed by atoms with van der Waals surface area (Å²) in [6.07, 6.45) is 8.03. The Morgan fingerprint density at radius 1 is 1.38 bits per heavy atom. The van der Waals surface area contributed by atoms with Crippen LogP contribution >= 0.6 is 11.3 Å². The number of aryl methyl sites for hydroxylation is 1. The van der Waals surface area contributed by atoms with Gasteiger partial charge in [0.1, 0.15) is 16.9 Å². The lowest BCUT2D eigenvalue weighted by atomic mass is 10.1. The van der Waals surface area contributed by atoms with Crippen LogP contribution in [0.25, 0.3) is 0 Å². The predicted molar refractivity (Wildman–Crippen MR) is 93.8 cm³/mol. The van der Waals surface area contributed by atoms with Gasteiger partial charge in [-0.2, -0.15) is 5.26 Å². The standard InChI is InChI=1S/C18H22FN3OS/c19-13-5-4-9-22(12-13)10-8-17(23)21-18-15(11-20)14-6-2-1-3-7-16(14)24-18/h5H,1-4,6-10,12H2,(H,21,23). The molecule has 2 heterocycles. The number of carbonyl (C=O) groups is 1. The van der Waals surface area contributed by atoms with Crippen LogP contribution in [0.15, 0.2) is 11.9 Å². The molecule has 1 aromatic heterocycles. The third-order valence-electron chi connectivity index (χ3n) is 4.63. The fourth-order valence-corrected chi connectivity index (χ4v) is 4.61. The fourth-order valence-electron chi connectivity index (χ4n) is 3.35. The molecule has 4 nitrogen and oxygen atoms in total. The highest BCUT2D eigenvalue weighted by Crippen LogP contribution is 2.37. The van der Waals surface area contributed by atoms with Crippen LogP contribution in [0.4, 0.5) is 9.39 Å². The van der Waals surface area contributed by atoms with Gasteiger partial charge in [-0.3, -0.25) is 9.69 Å². The second-order valence-electron chi connectivity index (χ2n) is 6.39. The van der Waals surface area contributed by atoms with Gasteiger partial charge in [-0.15, -0.1) is 11.3 Å². The second kappa shape index (κ2) is 7.91. The first-order valence-corrected chi connectivity index (χ1v) is 9.40. The number of rotatable bonds is 4. The van der Waals surface area contributed by atoms with E-state index in [0.717, 1.165) is 37.8 Å². The summed E-state index contributed by atoms with van der Waals surface area (Å²) in [5.41, 5.74) is 1.79. The molecular formula is C18H22FN3OS. The quantitative estimate of drug-likeness (QED) is 0.844. The Morgan fingerprint density at radius 3 is 3.00 bits per heavy atom. The fraction of sp³-hybridized carbons (Fsp3) is 0.556. The number of nitrogens with zero attached hydrogens (tertiary/aromatic N) is 2. The Kier molecular flexibility index (Phi) is 5.64. The Balaban J connectivity index is 1.60. The molecule has 0 saturated heterocycles. The van der Waals surface area contributed by atoms with Gasteiger partial charge in [0.2, 0.25) is 5.91 Å². The van der Waals surface area contributed by atoms with Gasteiger partial charge in [-0.05, 0) is 37.7 Å². The van der Waals surface area contributed by atoms with E-state index in [1.807, 2.05) is 4.90 Å². The first-order valence-electron chi connectivity index (χ1n) is 8.58. The summed E-state index contributed by atoms with van der Waals surface area (Å²) in [6, 6.07) is 2.28. The molecule has 24 heavy (non-hydrogen) atoms. The highest BCUT2D eigenvalue weighted by atomic mass is 32.1. The summed E-state index contributed by atoms with van der Waals surface area (Å²) >= 11 is 1.55. The Bertz CT molecular complexity index is 689. The molecule has 3 rings (SSSR count). The average molecular weight is 347 g/mol. The molecule has 0 spiro atoms. The average Bonchev–Trinajstić information content (AvgIpc) is 2.73. The number of carbonyl (C=O) groups excluding carboxylic acids is 1. The van der Waals surface area contributed by atoms with Crippen molar-refractivity contribution in [1.29, 1.82) is 5.26 Å². The van der Waals surface area contributed by atoms with Gasteiger partial charge in [-0.25, -0.2) is 4.39 Å². The number of anilines is 1. The molecule has 1 aromatic rings. The van der Waals surface area contributed by atoms with Crippen molar-refractivity contribution in [1.82, 2.24) is 4.90 Å². The van der Waals surface area contributed by atoms with Gasteiger partial charge >= 0.3 is 0 Å². The minimum Gasteiger partial charge on any atom is -0.317 e. The third kappa shape index (κ3) is 4.03. The number of thiophene rings is 1.